The maximum absolute atomic E-state index is 6.54. The minimum Gasteiger partial charge on any atom is -0.455 e. The van der Waals surface area contributed by atoms with Gasteiger partial charge in [-0.1, -0.05) is 103 Å². The molecule has 0 aliphatic rings. The fraction of sp³-hybridized carbons (Fsp3) is 0. The van der Waals surface area contributed by atoms with E-state index in [9.17, 15) is 0 Å². The summed E-state index contributed by atoms with van der Waals surface area (Å²) in [6, 6.07) is 62.8. The van der Waals surface area contributed by atoms with Gasteiger partial charge in [0, 0.05) is 69.6 Å². The van der Waals surface area contributed by atoms with E-state index in [0.29, 0.717) is 0 Å². The van der Waals surface area contributed by atoms with Gasteiger partial charge < -0.3 is 13.6 Å². The summed E-state index contributed by atoms with van der Waals surface area (Å²) in [7, 11) is 0. The maximum Gasteiger partial charge on any atom is 0.145 e. The molecular formula is C52H30N4OS. The van der Waals surface area contributed by atoms with Crippen molar-refractivity contribution in [3.63, 3.8) is 0 Å². The molecule has 0 radical (unpaired) electrons. The van der Waals surface area contributed by atoms with Crippen LogP contribution in [0.4, 0.5) is 0 Å². The topological polar surface area (TPSA) is 48.8 Å². The van der Waals surface area contributed by atoms with E-state index in [4.69, 9.17) is 14.4 Å². The van der Waals surface area contributed by atoms with Crippen molar-refractivity contribution in [2.45, 2.75) is 0 Å². The summed E-state index contributed by atoms with van der Waals surface area (Å²) in [5.74, 6) is 0. The quantitative estimate of drug-likeness (QED) is 0.180. The molecule has 13 aromatic rings. The molecule has 0 saturated heterocycles. The Morgan fingerprint density at radius 2 is 0.983 bits per heavy atom. The Hall–Kier alpha value is -7.54. The van der Waals surface area contributed by atoms with Crippen molar-refractivity contribution in [3.8, 4) is 33.9 Å². The highest BCUT2D eigenvalue weighted by Gasteiger charge is 2.20. The predicted molar refractivity (Wildman–Crippen MR) is 242 cm³/mol. The van der Waals surface area contributed by atoms with Gasteiger partial charge in [0.2, 0.25) is 0 Å². The van der Waals surface area contributed by atoms with E-state index in [1.54, 1.807) is 6.33 Å². The zero-order valence-corrected chi connectivity index (χ0v) is 31.7. The number of furan rings is 1. The van der Waals surface area contributed by atoms with Gasteiger partial charge in [-0.15, -0.1) is 11.3 Å². The van der Waals surface area contributed by atoms with Gasteiger partial charge in [0.05, 0.1) is 38.8 Å². The highest BCUT2D eigenvalue weighted by atomic mass is 32.1. The van der Waals surface area contributed by atoms with Crippen LogP contribution in [0, 0.1) is 0 Å². The van der Waals surface area contributed by atoms with Crippen LogP contribution in [0.2, 0.25) is 0 Å². The number of aromatic nitrogens is 4. The van der Waals surface area contributed by atoms with Gasteiger partial charge in [-0.3, -0.25) is 0 Å². The van der Waals surface area contributed by atoms with Crippen molar-refractivity contribution >= 4 is 97.1 Å². The first-order valence-corrected chi connectivity index (χ1v) is 20.3. The van der Waals surface area contributed by atoms with Gasteiger partial charge in [-0.2, -0.15) is 0 Å². The summed E-state index contributed by atoms with van der Waals surface area (Å²) in [6.45, 7) is 0. The van der Waals surface area contributed by atoms with Crippen LogP contribution in [-0.2, 0) is 0 Å². The zero-order chi connectivity index (χ0) is 37.9. The van der Waals surface area contributed by atoms with Crippen molar-refractivity contribution in [2.24, 2.45) is 0 Å². The van der Waals surface area contributed by atoms with E-state index in [-0.39, 0.29) is 0 Å². The summed E-state index contributed by atoms with van der Waals surface area (Å²) >= 11 is 1.88. The molecule has 6 heteroatoms. The van der Waals surface area contributed by atoms with E-state index in [0.717, 1.165) is 77.6 Å². The van der Waals surface area contributed by atoms with Crippen molar-refractivity contribution in [2.75, 3.05) is 0 Å². The number of hydrogen-bond donors (Lipinski definition) is 0. The third kappa shape index (κ3) is 4.46. The Kier molecular flexibility index (Phi) is 6.54. The fourth-order valence-corrected chi connectivity index (χ4v) is 10.6. The second-order valence-corrected chi connectivity index (χ2v) is 16.0. The lowest BCUT2D eigenvalue weighted by Crippen LogP contribution is -1.96. The lowest BCUT2D eigenvalue weighted by atomic mass is 10.1. The van der Waals surface area contributed by atoms with Crippen LogP contribution in [0.3, 0.4) is 0 Å². The van der Waals surface area contributed by atoms with Gasteiger partial charge >= 0.3 is 0 Å². The summed E-state index contributed by atoms with van der Waals surface area (Å²) in [5, 5.41) is 9.72. The normalized spacial score (nSPS) is 12.1. The van der Waals surface area contributed by atoms with Gasteiger partial charge in [0.25, 0.3) is 0 Å². The highest BCUT2D eigenvalue weighted by molar-refractivity contribution is 7.26. The van der Waals surface area contributed by atoms with E-state index in [1.165, 1.54) is 42.0 Å². The minimum absolute atomic E-state index is 0.863. The Labute approximate surface area is 335 Å². The standard InChI is InChI=1S/C52H30N4OS/c1-5-19-43-39(17-1)49-45(25-23-37-35-15-3-7-21-47(35)57-51(37)49)55(43)33-13-9-11-31(27-33)41-29-42(54-30-53-41)32-12-10-14-34(28-32)56-44-20-6-2-18-40(44)50-46(56)26-24-38-36-16-4-8-22-48(36)58-52(38)50/h1-30H. The van der Waals surface area contributed by atoms with Gasteiger partial charge in [0.15, 0.2) is 0 Å². The minimum atomic E-state index is 0.863. The second-order valence-electron chi connectivity index (χ2n) is 15.0. The maximum atomic E-state index is 6.54. The zero-order valence-electron chi connectivity index (χ0n) is 30.9. The molecule has 58 heavy (non-hydrogen) atoms. The van der Waals surface area contributed by atoms with Crippen LogP contribution in [0.15, 0.2) is 187 Å². The van der Waals surface area contributed by atoms with Crippen molar-refractivity contribution < 1.29 is 4.42 Å². The molecule has 0 amide bonds. The number of benzene rings is 8. The molecular weight excluding hydrogens is 729 g/mol. The molecule has 0 N–H and O–H groups in total. The van der Waals surface area contributed by atoms with Gasteiger partial charge in [-0.05, 0) is 72.8 Å². The van der Waals surface area contributed by atoms with E-state index < -0.39 is 0 Å². The van der Waals surface area contributed by atoms with Crippen LogP contribution in [0.1, 0.15) is 0 Å². The molecule has 5 heterocycles. The molecule has 0 bridgehead atoms. The Morgan fingerprint density at radius 3 is 1.69 bits per heavy atom. The lowest BCUT2D eigenvalue weighted by molar-refractivity contribution is 0.673. The van der Waals surface area contributed by atoms with Crippen LogP contribution in [-0.4, -0.2) is 19.1 Å². The summed E-state index contributed by atoms with van der Waals surface area (Å²) < 4.78 is 13.9. The Bertz CT molecular complexity index is 3580. The molecule has 0 aliphatic heterocycles. The molecule has 270 valence electrons. The SMILES string of the molecule is c1cc(-c2cc(-c3cccc(-n4c5ccccc5c5c6sc7ccccc7c6ccc54)c3)ncn2)cc(-n2c3ccccc3c3c4oc5ccccc5c4ccc32)c1. The molecule has 0 fully saturated rings. The van der Waals surface area contributed by atoms with Gasteiger partial charge in [0.1, 0.15) is 17.5 Å². The van der Waals surface area contributed by atoms with Crippen molar-refractivity contribution in [3.05, 3.63) is 182 Å². The number of thiophene rings is 1. The molecule has 5 nitrogen and oxygen atoms in total. The van der Waals surface area contributed by atoms with E-state index in [2.05, 4.69) is 173 Å². The second kappa shape index (κ2) is 12.0. The molecule has 0 spiro atoms. The lowest BCUT2D eigenvalue weighted by Gasteiger charge is -2.12. The van der Waals surface area contributed by atoms with E-state index >= 15 is 0 Å². The molecule has 13 rings (SSSR count). The summed E-state index contributed by atoms with van der Waals surface area (Å²) in [4.78, 5) is 9.62. The molecule has 5 aromatic heterocycles. The Morgan fingerprint density at radius 1 is 0.414 bits per heavy atom. The average Bonchev–Trinajstić information content (AvgIpc) is 4.04. The fourth-order valence-electron chi connectivity index (χ4n) is 9.31. The number of nitrogens with zero attached hydrogens (tertiary/aromatic N) is 4. The number of rotatable bonds is 4. The highest BCUT2D eigenvalue weighted by Crippen LogP contribution is 2.44. The van der Waals surface area contributed by atoms with Crippen molar-refractivity contribution in [1.29, 1.82) is 0 Å². The number of para-hydroxylation sites is 3. The average molecular weight is 759 g/mol. The number of fused-ring (bicyclic) bond motifs is 14. The first kappa shape index (κ1) is 31.6. The first-order valence-electron chi connectivity index (χ1n) is 19.5. The third-order valence-electron chi connectivity index (χ3n) is 11.8. The van der Waals surface area contributed by atoms with Crippen LogP contribution >= 0.6 is 11.3 Å². The predicted octanol–water partition coefficient (Wildman–Crippen LogP) is 14.3. The molecule has 0 unspecified atom stereocenters. The molecule has 0 saturated carbocycles. The van der Waals surface area contributed by atoms with Gasteiger partial charge in [-0.25, -0.2) is 9.97 Å². The smallest absolute Gasteiger partial charge is 0.145 e. The third-order valence-corrected chi connectivity index (χ3v) is 13.0. The van der Waals surface area contributed by atoms with Crippen molar-refractivity contribution in [1.82, 2.24) is 19.1 Å². The largest absolute Gasteiger partial charge is 0.455 e. The number of hydrogen-bond acceptors (Lipinski definition) is 4. The van der Waals surface area contributed by atoms with Crippen LogP contribution in [0.25, 0.3) is 120 Å². The molecule has 8 aromatic carbocycles. The first-order chi connectivity index (χ1) is 28.8. The molecule has 0 atom stereocenters. The van der Waals surface area contributed by atoms with Crippen LogP contribution < -0.4 is 0 Å². The summed E-state index contributed by atoms with van der Waals surface area (Å²) in [6.07, 6.45) is 1.68. The monoisotopic (exact) mass is 758 g/mol. The Balaban J connectivity index is 0.933. The summed E-state index contributed by atoms with van der Waals surface area (Å²) in [5.41, 5.74) is 12.4. The van der Waals surface area contributed by atoms with Crippen LogP contribution in [0.5, 0.6) is 0 Å². The van der Waals surface area contributed by atoms with E-state index in [1.807, 2.05) is 23.5 Å². The molecule has 0 aliphatic carbocycles.